The Morgan fingerprint density at radius 2 is 1.47 bits per heavy atom. The van der Waals surface area contributed by atoms with Crippen molar-refractivity contribution in [3.8, 4) is 0 Å². The number of methoxy groups -OCH3 is 1. The molecule has 0 radical (unpaired) electrons. The highest BCUT2D eigenvalue weighted by atomic mass is 19.2. The van der Waals surface area contributed by atoms with Crippen molar-refractivity contribution in [2.75, 3.05) is 26.9 Å². The Bertz CT molecular complexity index is 1060. The first kappa shape index (κ1) is 29.2. The largest absolute Gasteiger partial charge is 0.466 e. The molecule has 3 N–H and O–H groups in total. The zero-order valence-electron chi connectivity index (χ0n) is 20.3. The van der Waals surface area contributed by atoms with Crippen molar-refractivity contribution in [1.82, 2.24) is 5.32 Å². The van der Waals surface area contributed by atoms with Gasteiger partial charge in [-0.2, -0.15) is 0 Å². The highest BCUT2D eigenvalue weighted by molar-refractivity contribution is 6.00. The molecule has 0 bridgehead atoms. The molecule has 0 spiro atoms. The summed E-state index contributed by atoms with van der Waals surface area (Å²) in [5.41, 5.74) is 2.55. The molecule has 1 aliphatic rings. The fraction of sp³-hybridized carbons (Fsp3) is 0.478. The summed E-state index contributed by atoms with van der Waals surface area (Å²) in [6.45, 7) is 5.62. The van der Waals surface area contributed by atoms with Gasteiger partial charge >= 0.3 is 11.9 Å². The highest BCUT2D eigenvalue weighted by Gasteiger charge is 2.44. The first-order chi connectivity index (χ1) is 16.9. The number of allylic oxidation sites excluding steroid dienone is 1. The van der Waals surface area contributed by atoms with Gasteiger partial charge in [-0.3, -0.25) is 0 Å². The number of ether oxygens (including phenoxy) is 4. The van der Waals surface area contributed by atoms with Gasteiger partial charge in [0.1, 0.15) is 0 Å². The van der Waals surface area contributed by atoms with E-state index in [1.54, 1.807) is 0 Å². The number of nitrogens with one attached hydrogen (secondary N) is 1. The summed E-state index contributed by atoms with van der Waals surface area (Å²) in [5, 5.41) is 2.72. The van der Waals surface area contributed by atoms with Crippen molar-refractivity contribution in [3.63, 3.8) is 0 Å². The lowest BCUT2D eigenvalue weighted by atomic mass is 9.79. The highest BCUT2D eigenvalue weighted by Crippen LogP contribution is 2.43. The number of benzene rings is 1. The minimum absolute atomic E-state index is 0.0778. The second-order valence-electron chi connectivity index (χ2n) is 7.96. The average Bonchev–Trinajstić information content (AvgIpc) is 2.82. The molecular weight excluding hydrogens is 495 g/mol. The number of nitrogens with two attached hydrogens (primary N) is 1. The molecule has 1 aromatic carbocycles. The van der Waals surface area contributed by atoms with Crippen LogP contribution in [-0.2, 0) is 28.5 Å². The predicted molar refractivity (Wildman–Crippen MR) is 115 cm³/mol. The normalized spacial score (nSPS) is 16.8. The first-order valence-electron chi connectivity index (χ1n) is 10.8. The van der Waals surface area contributed by atoms with E-state index < -0.39 is 82.7 Å². The van der Waals surface area contributed by atoms with Crippen LogP contribution in [0.15, 0.2) is 22.5 Å². The van der Waals surface area contributed by atoms with Crippen molar-refractivity contribution in [3.05, 3.63) is 57.2 Å². The van der Waals surface area contributed by atoms with Gasteiger partial charge in [0, 0.05) is 17.8 Å². The second-order valence-corrected chi connectivity index (χ2v) is 7.96. The van der Waals surface area contributed by atoms with Crippen molar-refractivity contribution in [2.45, 2.75) is 46.0 Å². The molecule has 2 atom stereocenters. The molecule has 0 saturated carbocycles. The van der Waals surface area contributed by atoms with Crippen LogP contribution in [0.2, 0.25) is 0 Å². The molecule has 0 amide bonds. The molecule has 2 rings (SSSR count). The minimum Gasteiger partial charge on any atom is -0.466 e. The van der Waals surface area contributed by atoms with Crippen LogP contribution in [0.1, 0.15) is 39.2 Å². The fourth-order valence-electron chi connectivity index (χ4n) is 3.56. The molecule has 1 aliphatic heterocycles. The Kier molecular flexibility index (Phi) is 9.96. The summed E-state index contributed by atoms with van der Waals surface area (Å²) in [4.78, 5) is 25.8. The monoisotopic (exact) mass is 522 g/mol. The van der Waals surface area contributed by atoms with Gasteiger partial charge in [0.2, 0.25) is 5.82 Å². The van der Waals surface area contributed by atoms with Crippen molar-refractivity contribution in [1.29, 1.82) is 0 Å². The zero-order valence-corrected chi connectivity index (χ0v) is 20.3. The minimum atomic E-state index is -2.40. The lowest BCUT2D eigenvalue weighted by molar-refractivity contribution is -0.143. The van der Waals surface area contributed by atoms with Crippen LogP contribution in [0.4, 0.5) is 22.0 Å². The number of hydrogen-bond acceptors (Lipinski definition) is 8. The van der Waals surface area contributed by atoms with Crippen molar-refractivity contribution >= 4 is 11.9 Å². The molecule has 1 heterocycles. The molecule has 0 fully saturated rings. The number of esters is 2. The topological polar surface area (TPSA) is 109 Å². The third-order valence-corrected chi connectivity index (χ3v) is 5.08. The second kappa shape index (κ2) is 12.3. The van der Waals surface area contributed by atoms with E-state index in [-0.39, 0.29) is 24.5 Å². The zero-order chi connectivity index (χ0) is 27.3. The van der Waals surface area contributed by atoms with Crippen LogP contribution >= 0.6 is 0 Å². The number of carbonyl (C=O) groups is 2. The molecule has 0 aromatic heterocycles. The standard InChI is InChI=1S/C23H27F5N2O6/c1-9(2)36-23(32)14-12(8-35-11(4)34-7-6-29)30-10(3)13(22(31)33-5)15(14)16-17(24)19(26)21(28)20(27)18(16)25/h9,11,15,30H,6-8,29H2,1-5H3. The van der Waals surface area contributed by atoms with Gasteiger partial charge in [0.05, 0.1) is 49.2 Å². The molecule has 36 heavy (non-hydrogen) atoms. The number of dihydropyridines is 1. The lowest BCUT2D eigenvalue weighted by Crippen LogP contribution is -2.36. The summed E-state index contributed by atoms with van der Waals surface area (Å²) in [6, 6.07) is 0. The van der Waals surface area contributed by atoms with E-state index >= 15 is 0 Å². The van der Waals surface area contributed by atoms with E-state index in [4.69, 9.17) is 19.9 Å². The lowest BCUT2D eigenvalue weighted by Gasteiger charge is -2.32. The van der Waals surface area contributed by atoms with E-state index in [9.17, 15) is 31.5 Å². The average molecular weight is 522 g/mol. The number of rotatable bonds is 10. The Balaban J connectivity index is 2.83. The molecule has 1 aromatic rings. The smallest absolute Gasteiger partial charge is 0.337 e. The number of hydrogen-bond donors (Lipinski definition) is 2. The quantitative estimate of drug-likeness (QED) is 0.159. The Morgan fingerprint density at radius 1 is 0.917 bits per heavy atom. The molecule has 2 unspecified atom stereocenters. The maximum atomic E-state index is 15.0. The van der Waals surface area contributed by atoms with Crippen LogP contribution in [0.5, 0.6) is 0 Å². The van der Waals surface area contributed by atoms with Crippen molar-refractivity contribution in [2.24, 2.45) is 5.73 Å². The SMILES string of the molecule is COC(=O)C1=C(C)NC(COC(C)OCCN)=C(C(=O)OC(C)C)C1c1c(F)c(F)c(F)c(F)c1F. The van der Waals surface area contributed by atoms with Gasteiger partial charge < -0.3 is 30.0 Å². The number of carbonyl (C=O) groups excluding carboxylic acids is 2. The van der Waals surface area contributed by atoms with Crippen LogP contribution in [0.25, 0.3) is 0 Å². The fourth-order valence-corrected chi connectivity index (χ4v) is 3.56. The molecule has 0 saturated heterocycles. The van der Waals surface area contributed by atoms with Gasteiger partial charge in [0.25, 0.3) is 0 Å². The molecule has 0 aliphatic carbocycles. The van der Waals surface area contributed by atoms with Crippen molar-refractivity contribution < 1.29 is 50.5 Å². The van der Waals surface area contributed by atoms with Crippen LogP contribution in [0.3, 0.4) is 0 Å². The Labute approximate surface area is 204 Å². The summed E-state index contributed by atoms with van der Waals surface area (Å²) in [7, 11) is 0.948. The van der Waals surface area contributed by atoms with E-state index in [0.29, 0.717) is 0 Å². The van der Waals surface area contributed by atoms with Gasteiger partial charge in [-0.25, -0.2) is 31.5 Å². The maximum absolute atomic E-state index is 15.0. The molecule has 13 heteroatoms. The van der Waals surface area contributed by atoms with E-state index in [0.717, 1.165) is 7.11 Å². The van der Waals surface area contributed by atoms with Crippen LogP contribution in [0, 0.1) is 29.1 Å². The van der Waals surface area contributed by atoms with E-state index in [1.807, 2.05) is 0 Å². The van der Waals surface area contributed by atoms with Crippen LogP contribution < -0.4 is 11.1 Å². The first-order valence-corrected chi connectivity index (χ1v) is 10.8. The van der Waals surface area contributed by atoms with Gasteiger partial charge in [-0.05, 0) is 27.7 Å². The maximum Gasteiger partial charge on any atom is 0.337 e. The molecular formula is C23H27F5N2O6. The van der Waals surface area contributed by atoms with Gasteiger partial charge in [0.15, 0.2) is 29.6 Å². The van der Waals surface area contributed by atoms with E-state index in [1.165, 1.54) is 27.7 Å². The summed E-state index contributed by atoms with van der Waals surface area (Å²) in [6.07, 6.45) is -1.60. The third kappa shape index (κ3) is 6.02. The molecule has 8 nitrogen and oxygen atoms in total. The summed E-state index contributed by atoms with van der Waals surface area (Å²) in [5.74, 6) is -15.8. The predicted octanol–water partition coefficient (Wildman–Crippen LogP) is 3.06. The van der Waals surface area contributed by atoms with E-state index in [2.05, 4.69) is 10.1 Å². The Morgan fingerprint density at radius 3 is 1.97 bits per heavy atom. The van der Waals surface area contributed by atoms with Gasteiger partial charge in [-0.15, -0.1) is 0 Å². The third-order valence-electron chi connectivity index (χ3n) is 5.08. The van der Waals surface area contributed by atoms with Gasteiger partial charge in [-0.1, -0.05) is 0 Å². The molecule has 200 valence electrons. The Hall–Kier alpha value is -3.03. The summed E-state index contributed by atoms with van der Waals surface area (Å²) < 4.78 is 92.8. The van der Waals surface area contributed by atoms with Crippen LogP contribution in [-0.4, -0.2) is 51.2 Å². The summed E-state index contributed by atoms with van der Waals surface area (Å²) >= 11 is 0. The number of halogens is 5.